The summed E-state index contributed by atoms with van der Waals surface area (Å²) in [6.07, 6.45) is -0.664. The van der Waals surface area contributed by atoms with Gasteiger partial charge in [0.2, 0.25) is 5.91 Å². The van der Waals surface area contributed by atoms with Crippen molar-refractivity contribution in [3.63, 3.8) is 0 Å². The summed E-state index contributed by atoms with van der Waals surface area (Å²) in [6.45, 7) is 1.67. The van der Waals surface area contributed by atoms with Crippen molar-refractivity contribution < 1.29 is 23.1 Å². The molecule has 0 saturated heterocycles. The third kappa shape index (κ3) is 3.13. The molecule has 2 aromatic rings. The Kier molecular flexibility index (Phi) is 4.29. The molecule has 124 valence electrons. The molecular formula is C18H15F2NO3. The molecular weight excluding hydrogens is 316 g/mol. The van der Waals surface area contributed by atoms with Crippen LogP contribution < -0.4 is 5.32 Å². The van der Waals surface area contributed by atoms with Crippen LogP contribution in [0.2, 0.25) is 0 Å². The minimum absolute atomic E-state index is 0.0310. The second-order valence-corrected chi connectivity index (χ2v) is 5.65. The summed E-state index contributed by atoms with van der Waals surface area (Å²) in [7, 11) is 0. The molecule has 0 aromatic heterocycles. The van der Waals surface area contributed by atoms with Crippen LogP contribution in [0.5, 0.6) is 0 Å². The highest BCUT2D eigenvalue weighted by Crippen LogP contribution is 2.32. The van der Waals surface area contributed by atoms with Crippen LogP contribution in [0, 0.1) is 11.6 Å². The Labute approximate surface area is 137 Å². The van der Waals surface area contributed by atoms with Gasteiger partial charge in [-0.1, -0.05) is 24.3 Å². The van der Waals surface area contributed by atoms with Crippen molar-refractivity contribution >= 4 is 11.9 Å². The Bertz CT molecular complexity index is 807. The predicted molar refractivity (Wildman–Crippen MR) is 82.1 cm³/mol. The van der Waals surface area contributed by atoms with Crippen LogP contribution >= 0.6 is 0 Å². The first kappa shape index (κ1) is 16.1. The van der Waals surface area contributed by atoms with Crippen molar-refractivity contribution in [3.8, 4) is 0 Å². The molecule has 6 heteroatoms. The lowest BCUT2D eigenvalue weighted by Gasteiger charge is -2.16. The largest absolute Gasteiger partial charge is 0.453 e. The number of hydrogen-bond acceptors (Lipinski definition) is 3. The number of ether oxygens (including phenoxy) is 1. The van der Waals surface area contributed by atoms with E-state index in [1.165, 1.54) is 6.07 Å². The van der Waals surface area contributed by atoms with Gasteiger partial charge in [-0.05, 0) is 30.7 Å². The van der Waals surface area contributed by atoms with E-state index in [-0.39, 0.29) is 12.3 Å². The lowest BCUT2D eigenvalue weighted by molar-refractivity contribution is -0.123. The smallest absolute Gasteiger partial charge is 0.339 e. The monoisotopic (exact) mass is 331 g/mol. The highest BCUT2D eigenvalue weighted by Gasteiger charge is 2.32. The number of fused-ring (bicyclic) bond motifs is 1. The first-order chi connectivity index (χ1) is 11.5. The predicted octanol–water partition coefficient (Wildman–Crippen LogP) is 3.44. The maximum absolute atomic E-state index is 13.3. The summed E-state index contributed by atoms with van der Waals surface area (Å²) >= 11 is 0. The topological polar surface area (TPSA) is 55.4 Å². The number of benzene rings is 2. The van der Waals surface area contributed by atoms with E-state index in [0.29, 0.717) is 16.7 Å². The zero-order valence-corrected chi connectivity index (χ0v) is 12.9. The number of nitrogens with one attached hydrogen (secondary N) is 1. The quantitative estimate of drug-likeness (QED) is 0.873. The average Bonchev–Trinajstić information content (AvgIpc) is 2.86. The van der Waals surface area contributed by atoms with Crippen LogP contribution in [0.25, 0.3) is 0 Å². The van der Waals surface area contributed by atoms with E-state index in [1.807, 2.05) is 0 Å². The molecule has 2 aromatic carbocycles. The Balaban J connectivity index is 1.66. The van der Waals surface area contributed by atoms with Gasteiger partial charge in [0.15, 0.2) is 11.6 Å². The normalized spacial score (nSPS) is 17.1. The van der Waals surface area contributed by atoms with Crippen LogP contribution in [-0.2, 0) is 9.53 Å². The first-order valence-corrected chi connectivity index (χ1v) is 7.50. The number of cyclic esters (lactones) is 1. The molecule has 0 spiro atoms. The zero-order chi connectivity index (χ0) is 17.3. The lowest BCUT2D eigenvalue weighted by atomic mass is 10.0. The van der Waals surface area contributed by atoms with Crippen molar-refractivity contribution in [2.45, 2.75) is 25.5 Å². The highest BCUT2D eigenvalue weighted by atomic mass is 19.2. The second-order valence-electron chi connectivity index (χ2n) is 5.65. The standard InChI is InChI=1S/C18H15F2NO3/c1-10(11-6-7-14(19)15(20)8-11)21-17(22)9-16-12-4-2-3-5-13(12)18(23)24-16/h2-8,10,16H,9H2,1H3,(H,21,22)/t10-,16-/m0/s1. The fourth-order valence-electron chi connectivity index (χ4n) is 2.71. The van der Waals surface area contributed by atoms with Crippen molar-refractivity contribution in [2.24, 2.45) is 0 Å². The van der Waals surface area contributed by atoms with E-state index in [4.69, 9.17) is 4.74 Å². The Morgan fingerprint density at radius 2 is 1.96 bits per heavy atom. The molecule has 1 aliphatic rings. The fraction of sp³-hybridized carbons (Fsp3) is 0.222. The van der Waals surface area contributed by atoms with E-state index in [1.54, 1.807) is 31.2 Å². The fourth-order valence-corrected chi connectivity index (χ4v) is 2.71. The number of rotatable bonds is 4. The third-order valence-corrected chi connectivity index (χ3v) is 3.97. The van der Waals surface area contributed by atoms with Crippen LogP contribution in [0.4, 0.5) is 8.78 Å². The molecule has 0 unspecified atom stereocenters. The number of carbonyl (C=O) groups is 2. The minimum atomic E-state index is -0.966. The van der Waals surface area contributed by atoms with Crippen LogP contribution in [-0.4, -0.2) is 11.9 Å². The van der Waals surface area contributed by atoms with Crippen LogP contribution in [0.1, 0.15) is 47.0 Å². The summed E-state index contributed by atoms with van der Waals surface area (Å²) in [4.78, 5) is 23.9. The molecule has 24 heavy (non-hydrogen) atoms. The number of amides is 1. The minimum Gasteiger partial charge on any atom is -0.453 e. The summed E-state index contributed by atoms with van der Waals surface area (Å²) in [5.74, 6) is -2.70. The summed E-state index contributed by atoms with van der Waals surface area (Å²) in [5.41, 5.74) is 1.59. The first-order valence-electron chi connectivity index (χ1n) is 7.50. The molecule has 2 atom stereocenters. The van der Waals surface area contributed by atoms with Crippen molar-refractivity contribution in [2.75, 3.05) is 0 Å². The van der Waals surface area contributed by atoms with Gasteiger partial charge in [0.1, 0.15) is 6.10 Å². The van der Waals surface area contributed by atoms with E-state index in [0.717, 1.165) is 12.1 Å². The van der Waals surface area contributed by atoms with Crippen molar-refractivity contribution in [1.29, 1.82) is 0 Å². The maximum atomic E-state index is 13.3. The molecule has 0 bridgehead atoms. The summed E-state index contributed by atoms with van der Waals surface area (Å²) in [5, 5.41) is 2.70. The zero-order valence-electron chi connectivity index (χ0n) is 12.9. The van der Waals surface area contributed by atoms with Crippen molar-refractivity contribution in [3.05, 3.63) is 70.8 Å². The Morgan fingerprint density at radius 1 is 1.21 bits per heavy atom. The van der Waals surface area contributed by atoms with Gasteiger partial charge in [-0.25, -0.2) is 13.6 Å². The number of esters is 1. The lowest BCUT2D eigenvalue weighted by Crippen LogP contribution is -2.28. The van der Waals surface area contributed by atoms with Gasteiger partial charge in [0.25, 0.3) is 0 Å². The van der Waals surface area contributed by atoms with Crippen molar-refractivity contribution in [1.82, 2.24) is 5.32 Å². The van der Waals surface area contributed by atoms with Gasteiger partial charge in [0.05, 0.1) is 18.0 Å². The SMILES string of the molecule is C[C@H](NC(=O)C[C@@H]1OC(=O)c2ccccc21)c1ccc(F)c(F)c1. The molecule has 0 aliphatic carbocycles. The van der Waals surface area contributed by atoms with Gasteiger partial charge < -0.3 is 10.1 Å². The number of halogens is 2. The molecule has 0 fully saturated rings. The summed E-state index contributed by atoms with van der Waals surface area (Å²) in [6, 6.07) is 9.88. The van der Waals surface area contributed by atoms with Gasteiger partial charge in [-0.2, -0.15) is 0 Å². The van der Waals surface area contributed by atoms with E-state index < -0.39 is 29.7 Å². The van der Waals surface area contributed by atoms with Gasteiger partial charge in [-0.15, -0.1) is 0 Å². The molecule has 1 amide bonds. The highest BCUT2D eigenvalue weighted by molar-refractivity contribution is 5.94. The van der Waals surface area contributed by atoms with E-state index >= 15 is 0 Å². The van der Waals surface area contributed by atoms with Gasteiger partial charge in [0, 0.05) is 5.56 Å². The molecule has 0 radical (unpaired) electrons. The number of hydrogen-bond donors (Lipinski definition) is 1. The third-order valence-electron chi connectivity index (χ3n) is 3.97. The molecule has 1 aliphatic heterocycles. The molecule has 1 heterocycles. The van der Waals surface area contributed by atoms with Crippen LogP contribution in [0.15, 0.2) is 42.5 Å². The molecule has 0 saturated carbocycles. The molecule has 3 rings (SSSR count). The van der Waals surface area contributed by atoms with E-state index in [2.05, 4.69) is 5.32 Å². The van der Waals surface area contributed by atoms with Gasteiger partial charge >= 0.3 is 5.97 Å². The Morgan fingerprint density at radius 3 is 2.71 bits per heavy atom. The second kappa shape index (κ2) is 6.39. The molecule has 4 nitrogen and oxygen atoms in total. The van der Waals surface area contributed by atoms with E-state index in [9.17, 15) is 18.4 Å². The average molecular weight is 331 g/mol. The summed E-state index contributed by atoms with van der Waals surface area (Å²) < 4.78 is 31.4. The van der Waals surface area contributed by atoms with Crippen LogP contribution in [0.3, 0.4) is 0 Å². The maximum Gasteiger partial charge on any atom is 0.339 e. The number of carbonyl (C=O) groups excluding carboxylic acids is 2. The van der Waals surface area contributed by atoms with Gasteiger partial charge in [-0.3, -0.25) is 4.79 Å². The molecule has 1 N–H and O–H groups in total. The Hall–Kier alpha value is -2.76.